The zero-order chi connectivity index (χ0) is 18.8. The van der Waals surface area contributed by atoms with Gasteiger partial charge in [0.2, 0.25) is 5.91 Å². The van der Waals surface area contributed by atoms with Gasteiger partial charge < -0.3 is 0 Å². The van der Waals surface area contributed by atoms with Crippen molar-refractivity contribution in [3.63, 3.8) is 0 Å². The SMILES string of the molecule is O=C(Cc1ccccc1)Nn1c(SCC2CC2)nc2cc(F)ccc2c1=O. The van der Waals surface area contributed by atoms with Crippen LogP contribution in [-0.4, -0.2) is 21.3 Å². The zero-order valence-corrected chi connectivity index (χ0v) is 15.3. The fourth-order valence-electron chi connectivity index (χ4n) is 2.76. The van der Waals surface area contributed by atoms with Gasteiger partial charge in [-0.1, -0.05) is 42.1 Å². The van der Waals surface area contributed by atoms with Gasteiger partial charge in [0.15, 0.2) is 5.16 Å². The molecule has 0 atom stereocenters. The monoisotopic (exact) mass is 383 g/mol. The van der Waals surface area contributed by atoms with Crippen LogP contribution in [0.5, 0.6) is 0 Å². The summed E-state index contributed by atoms with van der Waals surface area (Å²) in [6, 6.07) is 13.2. The van der Waals surface area contributed by atoms with E-state index in [9.17, 15) is 14.0 Å². The largest absolute Gasteiger partial charge is 0.281 e. The molecule has 1 amide bonds. The third-order valence-corrected chi connectivity index (χ3v) is 5.56. The predicted molar refractivity (Wildman–Crippen MR) is 104 cm³/mol. The Hall–Kier alpha value is -2.67. The van der Waals surface area contributed by atoms with Crippen molar-refractivity contribution in [1.29, 1.82) is 0 Å². The van der Waals surface area contributed by atoms with Crippen molar-refractivity contribution < 1.29 is 9.18 Å². The van der Waals surface area contributed by atoms with E-state index in [2.05, 4.69) is 10.4 Å². The predicted octanol–water partition coefficient (Wildman–Crippen LogP) is 3.35. The Morgan fingerprint density at radius 1 is 1.22 bits per heavy atom. The number of halogens is 1. The van der Waals surface area contributed by atoms with Crippen molar-refractivity contribution in [3.05, 3.63) is 70.3 Å². The Labute approximate surface area is 159 Å². The minimum absolute atomic E-state index is 0.154. The van der Waals surface area contributed by atoms with Crippen LogP contribution in [0.15, 0.2) is 58.5 Å². The van der Waals surface area contributed by atoms with Gasteiger partial charge in [0.1, 0.15) is 5.82 Å². The molecule has 1 saturated carbocycles. The van der Waals surface area contributed by atoms with Crippen molar-refractivity contribution in [3.8, 4) is 0 Å². The molecule has 1 N–H and O–H groups in total. The Bertz CT molecular complexity index is 1050. The smallest absolute Gasteiger partial charge is 0.273 e. The molecule has 0 unspecified atom stereocenters. The van der Waals surface area contributed by atoms with Gasteiger partial charge >= 0.3 is 0 Å². The van der Waals surface area contributed by atoms with Crippen molar-refractivity contribution in [1.82, 2.24) is 9.66 Å². The molecule has 0 aliphatic heterocycles. The fourth-order valence-corrected chi connectivity index (χ4v) is 3.89. The van der Waals surface area contributed by atoms with Crippen molar-refractivity contribution in [2.24, 2.45) is 5.92 Å². The number of carbonyl (C=O) groups excluding carboxylic acids is 1. The minimum Gasteiger partial charge on any atom is -0.273 e. The minimum atomic E-state index is -0.446. The van der Waals surface area contributed by atoms with E-state index < -0.39 is 11.4 Å². The molecule has 138 valence electrons. The Morgan fingerprint density at radius 2 is 2.00 bits per heavy atom. The van der Waals surface area contributed by atoms with E-state index in [1.165, 1.54) is 47.5 Å². The second-order valence-electron chi connectivity index (χ2n) is 6.65. The van der Waals surface area contributed by atoms with E-state index in [-0.39, 0.29) is 17.7 Å². The number of amides is 1. The van der Waals surface area contributed by atoms with Crippen LogP contribution in [0, 0.1) is 11.7 Å². The van der Waals surface area contributed by atoms with E-state index in [1.54, 1.807) is 0 Å². The molecule has 5 nitrogen and oxygen atoms in total. The maximum atomic E-state index is 13.6. The molecule has 0 saturated heterocycles. The van der Waals surface area contributed by atoms with E-state index in [0.717, 1.165) is 11.3 Å². The summed E-state index contributed by atoms with van der Waals surface area (Å²) < 4.78 is 14.7. The van der Waals surface area contributed by atoms with Crippen molar-refractivity contribution in [2.45, 2.75) is 24.4 Å². The lowest BCUT2D eigenvalue weighted by Gasteiger charge is -2.14. The van der Waals surface area contributed by atoms with Crippen LogP contribution < -0.4 is 11.0 Å². The van der Waals surface area contributed by atoms with Crippen LogP contribution >= 0.6 is 11.8 Å². The fraction of sp³-hybridized carbons (Fsp3) is 0.250. The number of benzene rings is 2. The molecule has 2 aromatic carbocycles. The molecule has 1 aliphatic rings. The average molecular weight is 383 g/mol. The molecule has 4 rings (SSSR count). The maximum absolute atomic E-state index is 13.6. The summed E-state index contributed by atoms with van der Waals surface area (Å²) in [6.07, 6.45) is 2.49. The number of aromatic nitrogens is 2. The summed E-state index contributed by atoms with van der Waals surface area (Å²) in [4.78, 5) is 29.8. The Balaban J connectivity index is 1.66. The highest BCUT2D eigenvalue weighted by Crippen LogP contribution is 2.34. The lowest BCUT2D eigenvalue weighted by atomic mass is 10.1. The second-order valence-corrected chi connectivity index (χ2v) is 7.64. The second kappa shape index (κ2) is 7.52. The first kappa shape index (κ1) is 17.7. The summed E-state index contributed by atoms with van der Waals surface area (Å²) in [7, 11) is 0. The molecule has 0 bridgehead atoms. The number of hydrogen-bond acceptors (Lipinski definition) is 4. The molecular formula is C20H18FN3O2S. The van der Waals surface area contributed by atoms with Gasteiger partial charge in [0.05, 0.1) is 17.3 Å². The summed E-state index contributed by atoms with van der Waals surface area (Å²) >= 11 is 1.42. The van der Waals surface area contributed by atoms with Gasteiger partial charge in [-0.2, -0.15) is 4.68 Å². The molecule has 0 spiro atoms. The van der Waals surface area contributed by atoms with Crippen molar-refractivity contribution >= 4 is 28.6 Å². The topological polar surface area (TPSA) is 64.0 Å². The quantitative estimate of drug-likeness (QED) is 0.524. The number of rotatable bonds is 6. The van der Waals surface area contributed by atoms with Crippen LogP contribution in [-0.2, 0) is 11.2 Å². The number of thioether (sulfide) groups is 1. The Kier molecular flexibility index (Phi) is 4.94. The maximum Gasteiger partial charge on any atom is 0.281 e. The van der Waals surface area contributed by atoms with E-state index in [1.807, 2.05) is 30.3 Å². The standard InChI is InChI=1S/C20H18FN3O2S/c21-15-8-9-16-17(11-15)22-20(27-12-14-6-7-14)24(19(16)26)23-18(25)10-13-4-2-1-3-5-13/h1-5,8-9,11,14H,6-7,10,12H2,(H,23,25). The Morgan fingerprint density at radius 3 is 2.74 bits per heavy atom. The highest BCUT2D eigenvalue weighted by molar-refractivity contribution is 7.99. The van der Waals surface area contributed by atoms with Gasteiger partial charge in [0, 0.05) is 11.8 Å². The van der Waals surface area contributed by atoms with Crippen LogP contribution in [0.2, 0.25) is 0 Å². The van der Waals surface area contributed by atoms with Gasteiger partial charge in [-0.25, -0.2) is 9.37 Å². The third-order valence-electron chi connectivity index (χ3n) is 4.39. The lowest BCUT2D eigenvalue weighted by molar-refractivity contribution is -0.116. The summed E-state index contributed by atoms with van der Waals surface area (Å²) in [6.45, 7) is 0. The van der Waals surface area contributed by atoms with Crippen LogP contribution in [0.25, 0.3) is 10.9 Å². The third kappa shape index (κ3) is 4.19. The first-order valence-electron chi connectivity index (χ1n) is 8.79. The van der Waals surface area contributed by atoms with Crippen LogP contribution in [0.3, 0.4) is 0 Å². The molecular weight excluding hydrogens is 365 g/mol. The zero-order valence-electron chi connectivity index (χ0n) is 14.5. The summed E-state index contributed by atoms with van der Waals surface area (Å²) in [5, 5.41) is 0.651. The molecule has 1 aliphatic carbocycles. The average Bonchev–Trinajstić information content (AvgIpc) is 3.48. The van der Waals surface area contributed by atoms with Crippen LogP contribution in [0.1, 0.15) is 18.4 Å². The summed E-state index contributed by atoms with van der Waals surface area (Å²) in [5.41, 5.74) is 3.41. The molecule has 0 radical (unpaired) electrons. The number of hydrogen-bond donors (Lipinski definition) is 1. The van der Waals surface area contributed by atoms with Gasteiger partial charge in [-0.15, -0.1) is 0 Å². The molecule has 1 heterocycles. The number of carbonyl (C=O) groups is 1. The lowest BCUT2D eigenvalue weighted by Crippen LogP contribution is -2.36. The van der Waals surface area contributed by atoms with Gasteiger partial charge in [0.25, 0.3) is 5.56 Å². The molecule has 1 fully saturated rings. The van der Waals surface area contributed by atoms with Crippen molar-refractivity contribution in [2.75, 3.05) is 11.2 Å². The number of fused-ring (bicyclic) bond motifs is 1. The van der Waals surface area contributed by atoms with E-state index >= 15 is 0 Å². The highest BCUT2D eigenvalue weighted by Gasteiger charge is 2.23. The summed E-state index contributed by atoms with van der Waals surface area (Å²) in [5.74, 6) is 0.684. The van der Waals surface area contributed by atoms with E-state index in [0.29, 0.717) is 16.6 Å². The van der Waals surface area contributed by atoms with Gasteiger partial charge in [-0.3, -0.25) is 15.0 Å². The molecule has 27 heavy (non-hydrogen) atoms. The number of nitrogens with one attached hydrogen (secondary N) is 1. The van der Waals surface area contributed by atoms with Crippen LogP contribution in [0.4, 0.5) is 4.39 Å². The number of nitrogens with zero attached hydrogens (tertiary/aromatic N) is 2. The highest BCUT2D eigenvalue weighted by atomic mass is 32.2. The molecule has 1 aromatic heterocycles. The van der Waals surface area contributed by atoms with E-state index in [4.69, 9.17) is 0 Å². The molecule has 7 heteroatoms. The van der Waals surface area contributed by atoms with Gasteiger partial charge in [-0.05, 0) is 36.5 Å². The normalized spacial score (nSPS) is 13.7. The first-order chi connectivity index (χ1) is 13.1. The first-order valence-corrected chi connectivity index (χ1v) is 9.77. The molecule has 3 aromatic rings.